The van der Waals surface area contributed by atoms with Gasteiger partial charge in [0.1, 0.15) is 0 Å². The summed E-state index contributed by atoms with van der Waals surface area (Å²) in [5.41, 5.74) is 5.77. The lowest BCUT2D eigenvalue weighted by Gasteiger charge is -2.21. The van der Waals surface area contributed by atoms with Crippen LogP contribution in [0.1, 0.15) is 60.9 Å². The van der Waals surface area contributed by atoms with Crippen LogP contribution >= 0.6 is 0 Å². The molecule has 31 heavy (non-hydrogen) atoms. The Balaban J connectivity index is 1.51. The zero-order valence-corrected chi connectivity index (χ0v) is 18.3. The predicted octanol–water partition coefficient (Wildman–Crippen LogP) is 3.29. The first-order valence-electron chi connectivity index (χ1n) is 10.7. The standard InChI is InChI=1S/C23H29N3O4S/c27-22(15-14-18-8-3-1-4-9-18)25-26-23(28)20-12-7-13-21(16-20)31(29,30)24-17-19-10-5-2-6-11-19/h2,5-7,10-13,16,18,24H,1,3-4,8-9,14-15,17H2,(H,25,27)(H,26,28). The number of carbonyl (C=O) groups excluding carboxylic acids is 2. The van der Waals surface area contributed by atoms with E-state index in [0.29, 0.717) is 12.3 Å². The molecule has 2 aromatic rings. The Morgan fingerprint density at radius 3 is 2.39 bits per heavy atom. The minimum Gasteiger partial charge on any atom is -0.273 e. The van der Waals surface area contributed by atoms with E-state index in [1.165, 1.54) is 56.4 Å². The van der Waals surface area contributed by atoms with Crippen LogP contribution in [0.15, 0.2) is 59.5 Å². The Morgan fingerprint density at radius 2 is 1.65 bits per heavy atom. The largest absolute Gasteiger partial charge is 0.273 e. The third-order valence-corrected chi connectivity index (χ3v) is 6.93. The van der Waals surface area contributed by atoms with Gasteiger partial charge in [0.25, 0.3) is 5.91 Å². The lowest BCUT2D eigenvalue weighted by Crippen LogP contribution is -2.41. The van der Waals surface area contributed by atoms with Gasteiger partial charge in [0.15, 0.2) is 0 Å². The van der Waals surface area contributed by atoms with Crippen molar-refractivity contribution in [1.82, 2.24) is 15.6 Å². The van der Waals surface area contributed by atoms with Crippen molar-refractivity contribution in [3.05, 3.63) is 65.7 Å². The highest BCUT2D eigenvalue weighted by Gasteiger charge is 2.17. The third kappa shape index (κ3) is 7.18. The smallest absolute Gasteiger partial charge is 0.269 e. The Labute approximate surface area is 183 Å². The molecule has 2 aromatic carbocycles. The van der Waals surface area contributed by atoms with Crippen molar-refractivity contribution >= 4 is 21.8 Å². The van der Waals surface area contributed by atoms with Gasteiger partial charge in [0.05, 0.1) is 4.90 Å². The van der Waals surface area contributed by atoms with Gasteiger partial charge in [-0.25, -0.2) is 13.1 Å². The molecule has 0 aromatic heterocycles. The molecule has 8 heteroatoms. The fourth-order valence-electron chi connectivity index (χ4n) is 3.73. The molecule has 3 rings (SSSR count). The molecule has 0 bridgehead atoms. The van der Waals surface area contributed by atoms with Crippen LogP contribution in [0.4, 0.5) is 0 Å². The quantitative estimate of drug-likeness (QED) is 0.545. The van der Waals surface area contributed by atoms with Crippen molar-refractivity contribution in [2.45, 2.75) is 56.4 Å². The van der Waals surface area contributed by atoms with Crippen LogP contribution in [0, 0.1) is 5.92 Å². The van der Waals surface area contributed by atoms with Gasteiger partial charge in [-0.1, -0.05) is 68.5 Å². The summed E-state index contributed by atoms with van der Waals surface area (Å²) < 4.78 is 27.7. The summed E-state index contributed by atoms with van der Waals surface area (Å²) in [6.45, 7) is 0.149. The molecule has 0 saturated heterocycles. The first kappa shape index (κ1) is 23.0. The second kappa shape index (κ2) is 11.1. The maximum atomic E-state index is 12.6. The van der Waals surface area contributed by atoms with Crippen molar-refractivity contribution < 1.29 is 18.0 Å². The maximum absolute atomic E-state index is 12.6. The topological polar surface area (TPSA) is 104 Å². The highest BCUT2D eigenvalue weighted by Crippen LogP contribution is 2.27. The minimum absolute atomic E-state index is 0.0142. The molecule has 0 heterocycles. The SMILES string of the molecule is O=C(CCC1CCCCC1)NNC(=O)c1cccc(S(=O)(=O)NCc2ccccc2)c1. The number of sulfonamides is 1. The molecule has 7 nitrogen and oxygen atoms in total. The average Bonchev–Trinajstić information content (AvgIpc) is 2.81. The van der Waals surface area contributed by atoms with Crippen molar-refractivity contribution in [2.24, 2.45) is 5.92 Å². The molecule has 1 aliphatic rings. The van der Waals surface area contributed by atoms with E-state index in [-0.39, 0.29) is 22.9 Å². The van der Waals surface area contributed by atoms with E-state index >= 15 is 0 Å². The Hall–Kier alpha value is -2.71. The number of amides is 2. The first-order valence-corrected chi connectivity index (χ1v) is 12.2. The molecule has 1 fully saturated rings. The summed E-state index contributed by atoms with van der Waals surface area (Å²) in [5.74, 6) is -0.223. The maximum Gasteiger partial charge on any atom is 0.269 e. The molecule has 2 amide bonds. The van der Waals surface area contributed by atoms with E-state index < -0.39 is 15.9 Å². The monoisotopic (exact) mass is 443 g/mol. The van der Waals surface area contributed by atoms with Gasteiger partial charge in [-0.05, 0) is 36.1 Å². The van der Waals surface area contributed by atoms with E-state index in [9.17, 15) is 18.0 Å². The predicted molar refractivity (Wildman–Crippen MR) is 118 cm³/mol. The van der Waals surface area contributed by atoms with E-state index in [4.69, 9.17) is 0 Å². The number of hydrogen-bond donors (Lipinski definition) is 3. The molecule has 0 aliphatic heterocycles. The van der Waals surface area contributed by atoms with Gasteiger partial charge in [-0.2, -0.15) is 0 Å². The number of hydrogen-bond acceptors (Lipinski definition) is 4. The number of nitrogens with one attached hydrogen (secondary N) is 3. The zero-order valence-electron chi connectivity index (χ0n) is 17.5. The lowest BCUT2D eigenvalue weighted by atomic mass is 9.86. The molecule has 1 aliphatic carbocycles. The molecule has 0 unspecified atom stereocenters. The van der Waals surface area contributed by atoms with Crippen LogP contribution in [-0.4, -0.2) is 20.2 Å². The van der Waals surface area contributed by atoms with E-state index in [1.807, 2.05) is 30.3 Å². The minimum atomic E-state index is -3.78. The normalized spacial score (nSPS) is 14.7. The van der Waals surface area contributed by atoms with Crippen LogP contribution in [0.5, 0.6) is 0 Å². The average molecular weight is 444 g/mol. The Morgan fingerprint density at radius 1 is 0.903 bits per heavy atom. The summed E-state index contributed by atoms with van der Waals surface area (Å²) >= 11 is 0. The zero-order chi connectivity index (χ0) is 22.1. The van der Waals surface area contributed by atoms with Gasteiger partial charge in [0, 0.05) is 18.5 Å². The van der Waals surface area contributed by atoms with Crippen LogP contribution in [0.25, 0.3) is 0 Å². The summed E-state index contributed by atoms with van der Waals surface area (Å²) in [5, 5.41) is 0. The summed E-state index contributed by atoms with van der Waals surface area (Å²) in [4.78, 5) is 24.4. The van der Waals surface area contributed by atoms with Gasteiger partial charge in [-0.3, -0.25) is 20.4 Å². The second-order valence-electron chi connectivity index (χ2n) is 7.88. The fourth-order valence-corrected chi connectivity index (χ4v) is 4.80. The summed E-state index contributed by atoms with van der Waals surface area (Å²) in [6, 6.07) is 14.9. The molecule has 3 N–H and O–H groups in total. The van der Waals surface area contributed by atoms with Crippen LogP contribution in [0.3, 0.4) is 0 Å². The third-order valence-electron chi connectivity index (χ3n) is 5.54. The molecular formula is C23H29N3O4S. The number of rotatable bonds is 8. The van der Waals surface area contributed by atoms with Gasteiger partial charge in [-0.15, -0.1) is 0 Å². The summed E-state index contributed by atoms with van der Waals surface area (Å²) in [6.07, 6.45) is 7.24. The molecule has 0 radical (unpaired) electrons. The Kier molecular flexibility index (Phi) is 8.20. The fraction of sp³-hybridized carbons (Fsp3) is 0.391. The second-order valence-corrected chi connectivity index (χ2v) is 9.65. The number of hydrazine groups is 1. The van der Waals surface area contributed by atoms with Gasteiger partial charge in [0.2, 0.25) is 15.9 Å². The van der Waals surface area contributed by atoms with E-state index in [0.717, 1.165) is 12.0 Å². The number of carbonyl (C=O) groups is 2. The first-order chi connectivity index (χ1) is 14.9. The van der Waals surface area contributed by atoms with Crippen molar-refractivity contribution in [3.63, 3.8) is 0 Å². The Bertz CT molecular complexity index is 987. The van der Waals surface area contributed by atoms with Gasteiger partial charge < -0.3 is 0 Å². The molecule has 166 valence electrons. The lowest BCUT2D eigenvalue weighted by molar-refractivity contribution is -0.122. The van der Waals surface area contributed by atoms with E-state index in [1.54, 1.807) is 0 Å². The van der Waals surface area contributed by atoms with E-state index in [2.05, 4.69) is 15.6 Å². The molecule has 0 atom stereocenters. The van der Waals surface area contributed by atoms with Crippen LogP contribution < -0.4 is 15.6 Å². The molecule has 0 spiro atoms. The van der Waals surface area contributed by atoms with Crippen LogP contribution in [-0.2, 0) is 21.4 Å². The summed E-state index contributed by atoms with van der Waals surface area (Å²) in [7, 11) is -3.78. The van der Waals surface area contributed by atoms with Crippen molar-refractivity contribution in [1.29, 1.82) is 0 Å². The van der Waals surface area contributed by atoms with Crippen molar-refractivity contribution in [2.75, 3.05) is 0 Å². The number of benzene rings is 2. The highest BCUT2D eigenvalue weighted by molar-refractivity contribution is 7.89. The molecule has 1 saturated carbocycles. The van der Waals surface area contributed by atoms with Crippen LogP contribution in [0.2, 0.25) is 0 Å². The highest BCUT2D eigenvalue weighted by atomic mass is 32.2. The molecular weight excluding hydrogens is 414 g/mol. The van der Waals surface area contributed by atoms with Crippen molar-refractivity contribution in [3.8, 4) is 0 Å². The van der Waals surface area contributed by atoms with Gasteiger partial charge >= 0.3 is 0 Å².